The Hall–Kier alpha value is -2.34. The zero-order valence-electron chi connectivity index (χ0n) is 12.9. The zero-order chi connectivity index (χ0) is 15.5. The predicted molar refractivity (Wildman–Crippen MR) is 83.6 cm³/mol. The number of hydrogen-bond acceptors (Lipinski definition) is 4. The van der Waals surface area contributed by atoms with E-state index < -0.39 is 0 Å². The molecule has 0 saturated carbocycles. The first kappa shape index (κ1) is 14.6. The molecular weight excluding hydrogens is 280 g/mol. The molecule has 1 aliphatic rings. The second-order valence-electron chi connectivity index (χ2n) is 5.27. The maximum atomic E-state index is 12.6. The number of carbonyl (C=O) groups excluding carboxylic acids is 1. The first-order chi connectivity index (χ1) is 10.7. The summed E-state index contributed by atoms with van der Waals surface area (Å²) in [4.78, 5) is 14.5. The Kier molecular flexibility index (Phi) is 4.11. The lowest BCUT2D eigenvalue weighted by Crippen LogP contribution is -2.46. The Labute approximate surface area is 129 Å². The van der Waals surface area contributed by atoms with Crippen LogP contribution in [-0.2, 0) is 0 Å². The SMILES string of the molecule is COc1ccccc1-n1ncc(C(=O)N2CCNCC2)c1C. The molecular formula is C16H20N4O2. The van der Waals surface area contributed by atoms with Crippen molar-refractivity contribution in [3.05, 3.63) is 41.7 Å². The van der Waals surface area contributed by atoms with Crippen molar-refractivity contribution in [2.75, 3.05) is 33.3 Å². The molecule has 0 radical (unpaired) electrons. The smallest absolute Gasteiger partial charge is 0.257 e. The molecule has 1 N–H and O–H groups in total. The highest BCUT2D eigenvalue weighted by atomic mass is 16.5. The van der Waals surface area contributed by atoms with Gasteiger partial charge in [0, 0.05) is 26.2 Å². The van der Waals surface area contributed by atoms with Crippen LogP contribution in [0, 0.1) is 6.92 Å². The van der Waals surface area contributed by atoms with Gasteiger partial charge in [0.2, 0.25) is 0 Å². The highest BCUT2D eigenvalue weighted by Crippen LogP contribution is 2.24. The number of aromatic nitrogens is 2. The standard InChI is InChI=1S/C16H20N4O2/c1-12-13(16(21)19-9-7-17-8-10-19)11-18-20(12)14-5-3-4-6-15(14)22-2/h3-6,11,17H,7-10H2,1-2H3. The van der Waals surface area contributed by atoms with Gasteiger partial charge >= 0.3 is 0 Å². The topological polar surface area (TPSA) is 59.4 Å². The van der Waals surface area contributed by atoms with Crippen LogP contribution in [0.2, 0.25) is 0 Å². The van der Waals surface area contributed by atoms with Gasteiger partial charge in [-0.05, 0) is 19.1 Å². The van der Waals surface area contributed by atoms with Gasteiger partial charge < -0.3 is 15.0 Å². The third-order valence-corrected chi connectivity index (χ3v) is 3.96. The molecule has 0 unspecified atom stereocenters. The Morgan fingerprint density at radius 2 is 2.00 bits per heavy atom. The van der Waals surface area contributed by atoms with Gasteiger partial charge in [-0.1, -0.05) is 12.1 Å². The summed E-state index contributed by atoms with van der Waals surface area (Å²) in [6.07, 6.45) is 1.64. The normalized spacial score (nSPS) is 14.9. The van der Waals surface area contributed by atoms with Crippen LogP contribution < -0.4 is 10.1 Å². The first-order valence-electron chi connectivity index (χ1n) is 7.40. The highest BCUT2D eigenvalue weighted by molar-refractivity contribution is 5.95. The van der Waals surface area contributed by atoms with Crippen molar-refractivity contribution >= 4 is 5.91 Å². The second-order valence-corrected chi connectivity index (χ2v) is 5.27. The Bertz CT molecular complexity index is 675. The lowest BCUT2D eigenvalue weighted by atomic mass is 10.2. The number of benzene rings is 1. The van der Waals surface area contributed by atoms with E-state index in [1.165, 1.54) is 0 Å². The van der Waals surface area contributed by atoms with E-state index in [2.05, 4.69) is 10.4 Å². The fourth-order valence-corrected chi connectivity index (χ4v) is 2.71. The van der Waals surface area contributed by atoms with Crippen LogP contribution in [0.5, 0.6) is 5.75 Å². The van der Waals surface area contributed by atoms with Gasteiger partial charge in [0.15, 0.2) is 0 Å². The molecule has 0 atom stereocenters. The molecule has 1 amide bonds. The van der Waals surface area contributed by atoms with E-state index in [4.69, 9.17) is 4.74 Å². The average molecular weight is 300 g/mol. The summed E-state index contributed by atoms with van der Waals surface area (Å²) in [5, 5.41) is 7.63. The number of rotatable bonds is 3. The van der Waals surface area contributed by atoms with E-state index in [-0.39, 0.29) is 5.91 Å². The van der Waals surface area contributed by atoms with Crippen LogP contribution in [0.15, 0.2) is 30.5 Å². The summed E-state index contributed by atoms with van der Waals surface area (Å²) < 4.78 is 7.13. The number of carbonyl (C=O) groups is 1. The second kappa shape index (κ2) is 6.19. The summed E-state index contributed by atoms with van der Waals surface area (Å²) in [6.45, 7) is 5.06. The largest absolute Gasteiger partial charge is 0.494 e. The summed E-state index contributed by atoms with van der Waals surface area (Å²) in [5.41, 5.74) is 2.31. The first-order valence-corrected chi connectivity index (χ1v) is 7.40. The Morgan fingerprint density at radius 3 is 2.73 bits per heavy atom. The molecule has 1 saturated heterocycles. The van der Waals surface area contributed by atoms with Gasteiger partial charge in [-0.2, -0.15) is 5.10 Å². The highest BCUT2D eigenvalue weighted by Gasteiger charge is 2.23. The molecule has 116 valence electrons. The van der Waals surface area contributed by atoms with Crippen LogP contribution in [0.4, 0.5) is 0 Å². The lowest BCUT2D eigenvalue weighted by Gasteiger charge is -2.27. The summed E-state index contributed by atoms with van der Waals surface area (Å²) in [5.74, 6) is 0.773. The molecule has 3 rings (SSSR count). The van der Waals surface area contributed by atoms with Crippen molar-refractivity contribution in [1.29, 1.82) is 0 Å². The van der Waals surface area contributed by atoms with Crippen molar-refractivity contribution in [3.8, 4) is 11.4 Å². The third-order valence-electron chi connectivity index (χ3n) is 3.96. The number of para-hydroxylation sites is 2. The molecule has 0 aliphatic carbocycles. The van der Waals surface area contributed by atoms with Gasteiger partial charge in [-0.3, -0.25) is 4.79 Å². The van der Waals surface area contributed by atoms with Crippen molar-refractivity contribution in [3.63, 3.8) is 0 Å². The summed E-state index contributed by atoms with van der Waals surface area (Å²) in [6, 6.07) is 7.65. The number of hydrogen-bond donors (Lipinski definition) is 1. The zero-order valence-corrected chi connectivity index (χ0v) is 12.9. The molecule has 1 aromatic carbocycles. The fourth-order valence-electron chi connectivity index (χ4n) is 2.71. The monoisotopic (exact) mass is 300 g/mol. The van der Waals surface area contributed by atoms with Crippen molar-refractivity contribution < 1.29 is 9.53 Å². The molecule has 1 aliphatic heterocycles. The minimum Gasteiger partial charge on any atom is -0.494 e. The van der Waals surface area contributed by atoms with Crippen LogP contribution >= 0.6 is 0 Å². The molecule has 2 aromatic rings. The van der Waals surface area contributed by atoms with Crippen LogP contribution in [0.1, 0.15) is 16.1 Å². The maximum absolute atomic E-state index is 12.6. The van der Waals surface area contributed by atoms with Crippen molar-refractivity contribution in [2.24, 2.45) is 0 Å². The molecule has 1 fully saturated rings. The van der Waals surface area contributed by atoms with Crippen molar-refractivity contribution in [2.45, 2.75) is 6.92 Å². The predicted octanol–water partition coefficient (Wildman–Crippen LogP) is 1.23. The van der Waals surface area contributed by atoms with Crippen LogP contribution in [0.3, 0.4) is 0 Å². The van der Waals surface area contributed by atoms with Crippen molar-refractivity contribution in [1.82, 2.24) is 20.0 Å². The van der Waals surface area contributed by atoms with E-state index in [1.807, 2.05) is 36.1 Å². The molecule has 22 heavy (non-hydrogen) atoms. The number of methoxy groups -OCH3 is 1. The van der Waals surface area contributed by atoms with E-state index in [1.54, 1.807) is 18.0 Å². The average Bonchev–Trinajstić information content (AvgIpc) is 2.96. The van der Waals surface area contributed by atoms with E-state index in [0.29, 0.717) is 5.56 Å². The van der Waals surface area contributed by atoms with E-state index in [9.17, 15) is 4.79 Å². The number of nitrogens with one attached hydrogen (secondary N) is 1. The molecule has 6 heteroatoms. The molecule has 6 nitrogen and oxygen atoms in total. The molecule has 1 aromatic heterocycles. The minimum atomic E-state index is 0.0418. The summed E-state index contributed by atoms with van der Waals surface area (Å²) in [7, 11) is 1.63. The quantitative estimate of drug-likeness (QED) is 0.926. The third kappa shape index (κ3) is 2.57. The molecule has 2 heterocycles. The van der Waals surface area contributed by atoms with E-state index in [0.717, 1.165) is 43.3 Å². The Balaban J connectivity index is 1.93. The van der Waals surface area contributed by atoms with Gasteiger partial charge in [0.1, 0.15) is 11.4 Å². The number of amides is 1. The van der Waals surface area contributed by atoms with E-state index >= 15 is 0 Å². The van der Waals surface area contributed by atoms with Crippen LogP contribution in [-0.4, -0.2) is 53.9 Å². The van der Waals surface area contributed by atoms with Gasteiger partial charge in [0.05, 0.1) is 24.6 Å². The fraction of sp³-hybridized carbons (Fsp3) is 0.375. The lowest BCUT2D eigenvalue weighted by molar-refractivity contribution is 0.0735. The number of piperazine rings is 1. The summed E-state index contributed by atoms with van der Waals surface area (Å²) >= 11 is 0. The number of ether oxygens (including phenoxy) is 1. The van der Waals surface area contributed by atoms with Gasteiger partial charge in [-0.25, -0.2) is 4.68 Å². The molecule has 0 bridgehead atoms. The maximum Gasteiger partial charge on any atom is 0.257 e. The van der Waals surface area contributed by atoms with Gasteiger partial charge in [-0.15, -0.1) is 0 Å². The van der Waals surface area contributed by atoms with Crippen LogP contribution in [0.25, 0.3) is 5.69 Å². The Morgan fingerprint density at radius 1 is 1.27 bits per heavy atom. The molecule has 0 spiro atoms. The minimum absolute atomic E-state index is 0.0418. The van der Waals surface area contributed by atoms with Gasteiger partial charge in [0.25, 0.3) is 5.91 Å². The number of nitrogens with zero attached hydrogens (tertiary/aromatic N) is 3.